The molecule has 0 saturated heterocycles. The van der Waals surface area contributed by atoms with Gasteiger partial charge in [-0.25, -0.2) is 4.39 Å². The first-order valence-electron chi connectivity index (χ1n) is 6.39. The Morgan fingerprint density at radius 3 is 2.63 bits per heavy atom. The zero-order valence-electron chi connectivity index (χ0n) is 11.5. The first-order valence-corrected chi connectivity index (χ1v) is 6.39. The van der Waals surface area contributed by atoms with Gasteiger partial charge in [0.1, 0.15) is 5.82 Å². The van der Waals surface area contributed by atoms with Crippen LogP contribution in [-0.2, 0) is 14.9 Å². The number of hydrogen-bond acceptors (Lipinski definition) is 3. The summed E-state index contributed by atoms with van der Waals surface area (Å²) in [5, 5.41) is 10.2. The fourth-order valence-electron chi connectivity index (χ4n) is 3.14. The molecule has 1 saturated carbocycles. The number of carbonyl (C=O) groups excluding carboxylic acids is 1. The zero-order chi connectivity index (χ0) is 14.3. The van der Waals surface area contributed by atoms with Crippen molar-refractivity contribution in [3.63, 3.8) is 0 Å². The van der Waals surface area contributed by atoms with E-state index in [1.807, 2.05) is 0 Å². The number of esters is 1. The molecule has 0 aliphatic heterocycles. The normalized spacial score (nSPS) is 30.4. The molecular weight excluding hydrogens is 247 g/mol. The Bertz CT molecular complexity index is 510. The molecule has 1 aromatic carbocycles. The van der Waals surface area contributed by atoms with E-state index in [2.05, 4.69) is 0 Å². The van der Waals surface area contributed by atoms with Crippen LogP contribution in [0.5, 0.6) is 0 Å². The Balaban J connectivity index is 2.57. The van der Waals surface area contributed by atoms with Gasteiger partial charge >= 0.3 is 5.97 Å². The van der Waals surface area contributed by atoms with E-state index in [1.54, 1.807) is 26.0 Å². The number of rotatable bonds is 2. The first kappa shape index (κ1) is 14.0. The van der Waals surface area contributed by atoms with Crippen molar-refractivity contribution in [3.05, 3.63) is 35.1 Å². The molecule has 0 spiro atoms. The second-order valence-corrected chi connectivity index (χ2v) is 5.66. The van der Waals surface area contributed by atoms with Crippen LogP contribution in [0, 0.1) is 12.7 Å². The highest BCUT2D eigenvalue weighted by atomic mass is 19.1. The molecule has 1 aliphatic carbocycles. The number of hydrogen-bond donors (Lipinski definition) is 1. The molecule has 1 aromatic rings. The van der Waals surface area contributed by atoms with Gasteiger partial charge in [-0.05, 0) is 50.3 Å². The third-order valence-corrected chi connectivity index (χ3v) is 4.13. The lowest BCUT2D eigenvalue weighted by atomic mass is 9.76. The van der Waals surface area contributed by atoms with Gasteiger partial charge < -0.3 is 9.84 Å². The minimum atomic E-state index is -0.940. The van der Waals surface area contributed by atoms with E-state index < -0.39 is 17.0 Å². The number of benzene rings is 1. The highest BCUT2D eigenvalue weighted by molar-refractivity contribution is 5.84. The van der Waals surface area contributed by atoms with Gasteiger partial charge in [0.25, 0.3) is 0 Å². The van der Waals surface area contributed by atoms with Crippen LogP contribution in [0.3, 0.4) is 0 Å². The summed E-state index contributed by atoms with van der Waals surface area (Å²) in [6, 6.07) is 4.71. The third kappa shape index (κ3) is 2.25. The van der Waals surface area contributed by atoms with Crippen molar-refractivity contribution in [2.24, 2.45) is 0 Å². The molecule has 0 bridgehead atoms. The molecule has 0 radical (unpaired) electrons. The molecule has 4 heteroatoms. The standard InChI is InChI=1S/C15H19FO3/c1-10-11(5-4-6-12(10)16)15(13(17)19-3)8-7-14(2,18)9-15/h4-6,18H,7-9H2,1-3H3. The molecule has 1 aliphatic rings. The molecule has 1 fully saturated rings. The van der Waals surface area contributed by atoms with Crippen LogP contribution < -0.4 is 0 Å². The summed E-state index contributed by atoms with van der Waals surface area (Å²) in [4.78, 5) is 12.2. The predicted molar refractivity (Wildman–Crippen MR) is 69.3 cm³/mol. The maximum atomic E-state index is 13.7. The maximum Gasteiger partial charge on any atom is 0.316 e. The summed E-state index contributed by atoms with van der Waals surface area (Å²) in [6.45, 7) is 3.36. The van der Waals surface area contributed by atoms with Gasteiger partial charge in [0, 0.05) is 0 Å². The number of ether oxygens (including phenoxy) is 1. The van der Waals surface area contributed by atoms with E-state index in [0.717, 1.165) is 0 Å². The molecule has 0 amide bonds. The quantitative estimate of drug-likeness (QED) is 0.836. The molecule has 104 valence electrons. The SMILES string of the molecule is COC(=O)C1(c2cccc(F)c2C)CCC(C)(O)C1. The van der Waals surface area contributed by atoms with Crippen LogP contribution in [0.15, 0.2) is 18.2 Å². The van der Waals surface area contributed by atoms with Crippen LogP contribution in [0.4, 0.5) is 4.39 Å². The molecule has 1 N–H and O–H groups in total. The molecule has 2 unspecified atom stereocenters. The monoisotopic (exact) mass is 266 g/mol. The van der Waals surface area contributed by atoms with Gasteiger partial charge in [0.15, 0.2) is 0 Å². The Kier molecular flexibility index (Phi) is 3.39. The Morgan fingerprint density at radius 2 is 2.11 bits per heavy atom. The number of aliphatic hydroxyl groups is 1. The smallest absolute Gasteiger partial charge is 0.316 e. The van der Waals surface area contributed by atoms with Crippen molar-refractivity contribution >= 4 is 5.97 Å². The minimum Gasteiger partial charge on any atom is -0.468 e. The average Bonchev–Trinajstić information content (AvgIpc) is 2.69. The lowest BCUT2D eigenvalue weighted by molar-refractivity contribution is -0.148. The highest BCUT2D eigenvalue weighted by Crippen LogP contribution is 2.48. The van der Waals surface area contributed by atoms with E-state index in [-0.39, 0.29) is 12.2 Å². The molecule has 2 atom stereocenters. The third-order valence-electron chi connectivity index (χ3n) is 4.13. The molecular formula is C15H19FO3. The number of methoxy groups -OCH3 is 1. The summed E-state index contributed by atoms with van der Waals surface area (Å²) < 4.78 is 18.7. The lowest BCUT2D eigenvalue weighted by Gasteiger charge is -2.29. The molecule has 0 heterocycles. The lowest BCUT2D eigenvalue weighted by Crippen LogP contribution is -2.37. The second-order valence-electron chi connectivity index (χ2n) is 5.66. The molecule has 3 nitrogen and oxygen atoms in total. The van der Waals surface area contributed by atoms with E-state index in [0.29, 0.717) is 24.0 Å². The van der Waals surface area contributed by atoms with Crippen LogP contribution in [0.25, 0.3) is 0 Å². The van der Waals surface area contributed by atoms with Crippen molar-refractivity contribution in [2.45, 2.75) is 44.1 Å². The largest absolute Gasteiger partial charge is 0.468 e. The van der Waals surface area contributed by atoms with Crippen molar-refractivity contribution in [1.82, 2.24) is 0 Å². The van der Waals surface area contributed by atoms with Crippen LogP contribution in [0.1, 0.15) is 37.3 Å². The van der Waals surface area contributed by atoms with Crippen molar-refractivity contribution < 1.29 is 19.0 Å². The van der Waals surface area contributed by atoms with E-state index >= 15 is 0 Å². The van der Waals surface area contributed by atoms with Gasteiger partial charge in [-0.1, -0.05) is 12.1 Å². The summed E-state index contributed by atoms with van der Waals surface area (Å²) >= 11 is 0. The van der Waals surface area contributed by atoms with Crippen molar-refractivity contribution in [3.8, 4) is 0 Å². The predicted octanol–water partition coefficient (Wildman–Crippen LogP) is 2.48. The second kappa shape index (κ2) is 4.60. The van der Waals surface area contributed by atoms with Gasteiger partial charge in [-0.2, -0.15) is 0 Å². The van der Waals surface area contributed by atoms with Gasteiger partial charge in [0.05, 0.1) is 18.1 Å². The first-order chi connectivity index (χ1) is 8.82. The van der Waals surface area contributed by atoms with Crippen molar-refractivity contribution in [2.75, 3.05) is 7.11 Å². The van der Waals surface area contributed by atoms with Gasteiger partial charge in [-0.3, -0.25) is 4.79 Å². The molecule has 2 rings (SSSR count). The van der Waals surface area contributed by atoms with Gasteiger partial charge in [0.2, 0.25) is 0 Å². The average molecular weight is 266 g/mol. The van der Waals surface area contributed by atoms with E-state index in [9.17, 15) is 14.3 Å². The fourth-order valence-corrected chi connectivity index (χ4v) is 3.14. The minimum absolute atomic E-state index is 0.261. The van der Waals surface area contributed by atoms with Gasteiger partial charge in [-0.15, -0.1) is 0 Å². The fraction of sp³-hybridized carbons (Fsp3) is 0.533. The zero-order valence-corrected chi connectivity index (χ0v) is 11.5. The topological polar surface area (TPSA) is 46.5 Å². The Labute approximate surface area is 112 Å². The van der Waals surface area contributed by atoms with Crippen LogP contribution in [0.2, 0.25) is 0 Å². The Hall–Kier alpha value is -1.42. The molecule has 19 heavy (non-hydrogen) atoms. The summed E-state index contributed by atoms with van der Waals surface area (Å²) in [5.74, 6) is -0.744. The number of carbonyl (C=O) groups is 1. The van der Waals surface area contributed by atoms with Crippen LogP contribution in [-0.4, -0.2) is 23.8 Å². The summed E-state index contributed by atoms with van der Waals surface area (Å²) in [5.41, 5.74) is -0.792. The Morgan fingerprint density at radius 1 is 1.42 bits per heavy atom. The summed E-state index contributed by atoms with van der Waals surface area (Å²) in [6.07, 6.45) is 1.23. The molecule has 0 aromatic heterocycles. The number of halogens is 1. The summed E-state index contributed by atoms with van der Waals surface area (Å²) in [7, 11) is 1.33. The van der Waals surface area contributed by atoms with E-state index in [1.165, 1.54) is 13.2 Å². The van der Waals surface area contributed by atoms with Crippen LogP contribution >= 0.6 is 0 Å². The van der Waals surface area contributed by atoms with Crippen molar-refractivity contribution in [1.29, 1.82) is 0 Å². The highest BCUT2D eigenvalue weighted by Gasteiger charge is 2.52. The maximum absolute atomic E-state index is 13.7. The van der Waals surface area contributed by atoms with E-state index in [4.69, 9.17) is 4.74 Å².